The summed E-state index contributed by atoms with van der Waals surface area (Å²) in [6, 6.07) is 0. The van der Waals surface area contributed by atoms with Gasteiger partial charge >= 0.3 is 17.9 Å². The van der Waals surface area contributed by atoms with Crippen molar-refractivity contribution in [1.29, 1.82) is 0 Å². The molecule has 0 bridgehead atoms. The van der Waals surface area contributed by atoms with Gasteiger partial charge in [0.1, 0.15) is 6.61 Å². The van der Waals surface area contributed by atoms with Crippen LogP contribution in [0, 0.1) is 0 Å². The average molecular weight is 232 g/mol. The maximum atomic E-state index is 10.5. The van der Waals surface area contributed by atoms with Gasteiger partial charge < -0.3 is 14.6 Å². The van der Waals surface area contributed by atoms with E-state index in [1.807, 2.05) is 0 Å². The molecule has 6 heteroatoms. The summed E-state index contributed by atoms with van der Waals surface area (Å²) in [5.41, 5.74) is 0.350. The van der Waals surface area contributed by atoms with Gasteiger partial charge in [-0.05, 0) is 6.92 Å². The topological polar surface area (TPSA) is 89.9 Å². The highest BCUT2D eigenvalue weighted by atomic mass is 16.6. The second-order valence-electron chi connectivity index (χ2n) is 2.73. The molecule has 0 saturated heterocycles. The zero-order valence-corrected chi connectivity index (χ0v) is 9.61. The predicted molar refractivity (Wildman–Crippen MR) is 55.3 cm³/mol. The third-order valence-corrected chi connectivity index (χ3v) is 0.960. The summed E-state index contributed by atoms with van der Waals surface area (Å²) in [5, 5.41) is 8.19. The first kappa shape index (κ1) is 16.7. The van der Waals surface area contributed by atoms with E-state index in [9.17, 15) is 14.4 Å². The minimum absolute atomic E-state index is 0.0473. The molecule has 0 amide bonds. The van der Waals surface area contributed by atoms with Gasteiger partial charge in [-0.2, -0.15) is 0 Å². The largest absolute Gasteiger partial charge is 0.460 e. The van der Waals surface area contributed by atoms with Crippen LogP contribution in [0.25, 0.3) is 0 Å². The van der Waals surface area contributed by atoms with Crippen molar-refractivity contribution < 1.29 is 29.0 Å². The lowest BCUT2D eigenvalue weighted by Crippen LogP contribution is -2.08. The van der Waals surface area contributed by atoms with Gasteiger partial charge in [-0.25, -0.2) is 4.79 Å². The molecule has 0 radical (unpaired) electrons. The second kappa shape index (κ2) is 9.85. The zero-order valence-electron chi connectivity index (χ0n) is 9.61. The summed E-state index contributed by atoms with van der Waals surface area (Å²) >= 11 is 0. The molecule has 92 valence electrons. The van der Waals surface area contributed by atoms with Crippen LogP contribution in [0.1, 0.15) is 20.8 Å². The van der Waals surface area contributed by atoms with Gasteiger partial charge in [-0.3, -0.25) is 9.59 Å². The molecule has 0 aromatic carbocycles. The fourth-order valence-corrected chi connectivity index (χ4v) is 0.464. The molecule has 0 saturated carbocycles. The third kappa shape index (κ3) is 14.8. The van der Waals surface area contributed by atoms with E-state index in [0.717, 1.165) is 0 Å². The summed E-state index contributed by atoms with van der Waals surface area (Å²) in [6.45, 7) is 7.18. The van der Waals surface area contributed by atoms with Crippen LogP contribution < -0.4 is 0 Å². The minimum atomic E-state index is -0.562. The summed E-state index contributed by atoms with van der Waals surface area (Å²) in [4.78, 5) is 30.1. The van der Waals surface area contributed by atoms with E-state index in [1.165, 1.54) is 13.8 Å². The van der Waals surface area contributed by atoms with Gasteiger partial charge in [0.2, 0.25) is 0 Å². The van der Waals surface area contributed by atoms with E-state index in [-0.39, 0.29) is 13.2 Å². The maximum absolute atomic E-state index is 10.5. The third-order valence-electron chi connectivity index (χ3n) is 0.960. The molecule has 0 unspecified atom stereocenters. The molecule has 0 aliphatic carbocycles. The number of aliphatic hydroxyl groups excluding tert-OH is 1. The normalized spacial score (nSPS) is 8.25. The Hall–Kier alpha value is -1.69. The fraction of sp³-hybridized carbons (Fsp3) is 0.500. The van der Waals surface area contributed by atoms with Crippen LogP contribution >= 0.6 is 0 Å². The molecular weight excluding hydrogens is 216 g/mol. The summed E-state index contributed by atoms with van der Waals surface area (Å²) < 4.78 is 8.44. The molecule has 1 N–H and O–H groups in total. The van der Waals surface area contributed by atoms with Crippen molar-refractivity contribution in [3.8, 4) is 0 Å². The molecule has 0 spiro atoms. The molecule has 0 aliphatic heterocycles. The van der Waals surface area contributed by atoms with Crippen molar-refractivity contribution in [3.63, 3.8) is 0 Å². The van der Waals surface area contributed by atoms with Crippen LogP contribution in [-0.4, -0.2) is 36.2 Å². The van der Waals surface area contributed by atoms with Gasteiger partial charge in [-0.15, -0.1) is 0 Å². The monoisotopic (exact) mass is 232 g/mol. The Morgan fingerprint density at radius 2 is 1.56 bits per heavy atom. The standard InChI is InChI=1S/C6H10O3.C4H6O3/c1-5(2)6(8)9-4-3-7;1-3(5)7-4(2)6/h7H,1,3-4H2,2H3;1-2H3. The number of carbonyl (C=O) groups is 3. The number of carbonyl (C=O) groups excluding carboxylic acids is 3. The SMILES string of the molecule is C=C(C)C(=O)OCCO.CC(=O)OC(C)=O. The maximum Gasteiger partial charge on any atom is 0.333 e. The molecule has 0 atom stereocenters. The average Bonchev–Trinajstić information content (AvgIpc) is 2.12. The van der Waals surface area contributed by atoms with Gasteiger partial charge in [-0.1, -0.05) is 6.58 Å². The van der Waals surface area contributed by atoms with Crippen molar-refractivity contribution in [1.82, 2.24) is 0 Å². The highest BCUT2D eigenvalue weighted by molar-refractivity contribution is 5.86. The van der Waals surface area contributed by atoms with Crippen LogP contribution in [0.5, 0.6) is 0 Å². The molecular formula is C10H16O6. The number of aliphatic hydroxyl groups is 1. The number of ether oxygens (including phenoxy) is 2. The van der Waals surface area contributed by atoms with Crippen LogP contribution in [0.2, 0.25) is 0 Å². The van der Waals surface area contributed by atoms with Crippen molar-refractivity contribution in [2.24, 2.45) is 0 Å². The number of rotatable bonds is 3. The first-order chi connectivity index (χ1) is 7.31. The molecule has 0 fully saturated rings. The summed E-state index contributed by atoms with van der Waals surface area (Å²) in [5.74, 6) is -1.58. The highest BCUT2D eigenvalue weighted by Crippen LogP contribution is 1.89. The Kier molecular flexibility index (Phi) is 10.3. The predicted octanol–water partition coefficient (Wildman–Crippen LogP) is 0.194. The van der Waals surface area contributed by atoms with E-state index in [1.54, 1.807) is 6.92 Å². The smallest absolute Gasteiger partial charge is 0.333 e. The Bertz CT molecular complexity index is 256. The molecule has 0 aliphatic rings. The van der Waals surface area contributed by atoms with Crippen LogP contribution in [0.4, 0.5) is 0 Å². The number of esters is 3. The first-order valence-corrected chi connectivity index (χ1v) is 4.43. The Balaban J connectivity index is 0. The van der Waals surface area contributed by atoms with Crippen molar-refractivity contribution in [3.05, 3.63) is 12.2 Å². The quantitative estimate of drug-likeness (QED) is 0.424. The van der Waals surface area contributed by atoms with Gasteiger partial charge in [0.25, 0.3) is 0 Å². The van der Waals surface area contributed by atoms with Crippen molar-refractivity contribution in [2.45, 2.75) is 20.8 Å². The van der Waals surface area contributed by atoms with E-state index >= 15 is 0 Å². The summed E-state index contributed by atoms with van der Waals surface area (Å²) in [6.07, 6.45) is 0. The zero-order chi connectivity index (χ0) is 13.1. The van der Waals surface area contributed by atoms with E-state index in [2.05, 4.69) is 16.1 Å². The molecule has 0 rings (SSSR count). The molecule has 16 heavy (non-hydrogen) atoms. The van der Waals surface area contributed by atoms with Crippen LogP contribution in [-0.2, 0) is 23.9 Å². The number of hydrogen-bond donors (Lipinski definition) is 1. The fourth-order valence-electron chi connectivity index (χ4n) is 0.464. The van der Waals surface area contributed by atoms with Crippen molar-refractivity contribution >= 4 is 17.9 Å². The van der Waals surface area contributed by atoms with E-state index in [0.29, 0.717) is 5.57 Å². The lowest BCUT2D eigenvalue weighted by atomic mass is 10.4. The minimum Gasteiger partial charge on any atom is -0.460 e. The molecule has 0 aromatic heterocycles. The first-order valence-electron chi connectivity index (χ1n) is 4.43. The highest BCUT2D eigenvalue weighted by Gasteiger charge is 1.99. The Morgan fingerprint density at radius 3 is 1.75 bits per heavy atom. The molecule has 6 nitrogen and oxygen atoms in total. The van der Waals surface area contributed by atoms with Crippen molar-refractivity contribution in [2.75, 3.05) is 13.2 Å². The van der Waals surface area contributed by atoms with E-state index < -0.39 is 17.9 Å². The van der Waals surface area contributed by atoms with Gasteiger partial charge in [0.15, 0.2) is 0 Å². The second-order valence-corrected chi connectivity index (χ2v) is 2.73. The lowest BCUT2D eigenvalue weighted by Gasteiger charge is -1.99. The molecule has 0 aromatic rings. The summed E-state index contributed by atoms with van der Waals surface area (Å²) in [7, 11) is 0. The Morgan fingerprint density at radius 1 is 1.12 bits per heavy atom. The van der Waals surface area contributed by atoms with E-state index in [4.69, 9.17) is 5.11 Å². The molecule has 0 heterocycles. The lowest BCUT2D eigenvalue weighted by molar-refractivity contribution is -0.156. The Labute approximate surface area is 93.8 Å². The van der Waals surface area contributed by atoms with Gasteiger partial charge in [0.05, 0.1) is 6.61 Å². The van der Waals surface area contributed by atoms with Crippen LogP contribution in [0.15, 0.2) is 12.2 Å². The van der Waals surface area contributed by atoms with Gasteiger partial charge in [0, 0.05) is 19.4 Å². The van der Waals surface area contributed by atoms with Crippen LogP contribution in [0.3, 0.4) is 0 Å². The number of hydrogen-bond acceptors (Lipinski definition) is 6.